The monoisotopic (exact) mass is 762 g/mol. The molecule has 0 saturated heterocycles. The van der Waals surface area contributed by atoms with E-state index in [1.54, 1.807) is 5.57 Å². The fraction of sp³-hybridized carbons (Fsp3) is 0.800. The summed E-state index contributed by atoms with van der Waals surface area (Å²) in [4.78, 5) is 12.4. The molecule has 1 N–H and O–H groups in total. The van der Waals surface area contributed by atoms with E-state index in [4.69, 9.17) is 0 Å². The van der Waals surface area contributed by atoms with Crippen LogP contribution in [0.1, 0.15) is 99.3 Å². The molecule has 0 aromatic heterocycles. The van der Waals surface area contributed by atoms with Crippen LogP contribution in [0.4, 0.5) is 0 Å². The molecular formula is C30H46O2VWY-4. The minimum absolute atomic E-state index is 0. The van der Waals surface area contributed by atoms with Crippen molar-refractivity contribution in [1.82, 2.24) is 0 Å². The third-order valence-electron chi connectivity index (χ3n) is 11.9. The minimum Gasteiger partial charge on any atom is -0.544 e. The van der Waals surface area contributed by atoms with Crippen molar-refractivity contribution in [2.45, 2.75) is 105 Å². The summed E-state index contributed by atoms with van der Waals surface area (Å²) < 4.78 is 0. The zero-order chi connectivity index (χ0) is 22.4. The number of hydrogen-bond donors (Lipinski definition) is 1. The first-order chi connectivity index (χ1) is 14.4. The van der Waals surface area contributed by atoms with Gasteiger partial charge in [-0.25, -0.2) is 0 Å². The Hall–Kier alpha value is 1.75. The molecule has 0 aromatic rings. The molecule has 5 aliphatic carbocycles. The molecule has 0 heterocycles. The molecular weight excluding hydrogens is 716 g/mol. The Kier molecular flexibility index (Phi) is 11.2. The molecule has 0 amide bonds. The summed E-state index contributed by atoms with van der Waals surface area (Å²) in [5.41, 5.74) is 2.20. The van der Waals surface area contributed by atoms with Gasteiger partial charge in [0.25, 0.3) is 0 Å². The second-order valence-corrected chi connectivity index (χ2v) is 13.6. The van der Waals surface area contributed by atoms with Gasteiger partial charge in [-0.1, -0.05) is 89.4 Å². The molecule has 5 aliphatic rings. The van der Waals surface area contributed by atoms with Crippen LogP contribution in [0.2, 0.25) is 0 Å². The van der Waals surface area contributed by atoms with Crippen molar-refractivity contribution < 1.29 is 82.2 Å². The molecule has 2 radical (unpaired) electrons. The molecule has 0 spiro atoms. The van der Waals surface area contributed by atoms with E-state index in [0.29, 0.717) is 23.2 Å². The van der Waals surface area contributed by atoms with Crippen LogP contribution in [-0.4, -0.2) is 17.5 Å². The number of rotatable bonds is 1. The minimum atomic E-state index is -0.357. The Balaban J connectivity index is 0.00000153. The predicted molar refractivity (Wildman–Crippen MR) is 132 cm³/mol. The van der Waals surface area contributed by atoms with Gasteiger partial charge in [0.05, 0.1) is 0 Å². The number of hydrogen-bond acceptors (Lipinski definition) is 2. The van der Waals surface area contributed by atoms with E-state index in [0.717, 1.165) is 44.9 Å². The summed E-state index contributed by atoms with van der Waals surface area (Å²) in [6.45, 7) is 14.7. The van der Waals surface area contributed by atoms with Crippen molar-refractivity contribution in [3.8, 4) is 0 Å². The molecule has 35 heavy (non-hydrogen) atoms. The van der Waals surface area contributed by atoms with Gasteiger partial charge in [0.1, 0.15) is 0 Å². The number of aliphatic hydroxyl groups is 1. The maximum Gasteiger partial charge on any atom is 0 e. The van der Waals surface area contributed by atoms with Crippen LogP contribution in [0.25, 0.3) is 0 Å². The second-order valence-electron chi connectivity index (χ2n) is 13.6. The zero-order valence-electron chi connectivity index (χ0n) is 23.1. The number of allylic oxidation sites excluding steroid dienone is 2. The molecule has 0 bridgehead atoms. The molecule has 4 saturated carbocycles. The molecule has 196 valence electrons. The molecule has 0 aliphatic heterocycles. The summed E-state index contributed by atoms with van der Waals surface area (Å²) in [5.74, 6) is 2.87. The molecule has 0 aromatic carbocycles. The molecule has 4 fully saturated rings. The van der Waals surface area contributed by atoms with Crippen LogP contribution in [0.15, 0.2) is 11.6 Å². The van der Waals surface area contributed by atoms with Crippen LogP contribution in [0.5, 0.6) is 0 Å². The van der Waals surface area contributed by atoms with Crippen molar-refractivity contribution in [2.75, 3.05) is 0 Å². The summed E-state index contributed by atoms with van der Waals surface area (Å²) in [7, 11) is 0. The van der Waals surface area contributed by atoms with Crippen molar-refractivity contribution in [1.29, 1.82) is 0 Å². The van der Waals surface area contributed by atoms with Crippen LogP contribution >= 0.6 is 0 Å². The van der Waals surface area contributed by atoms with Gasteiger partial charge in [0, 0.05) is 72.3 Å². The standard InChI is InChI=1S/C29H43O2.CH3.V.W.Y/c1-19-20-9-12-28(6)24(26(20,4)11-10-23(19)31)8-7-21-22-17-25(2,3)13-15-29(22,18-30)16-14-27(21,28)5;;;;/h7,16,20,22-24,31H,8-15,17H2,1-6H3;1H3;;;/q-3;-1;;;/t20-,22?,23-,24?,26?,27+,28-,29+;;;;/m0..../s1. The van der Waals surface area contributed by atoms with Gasteiger partial charge < -0.3 is 23.7 Å². The smallest absolute Gasteiger partial charge is 0 e. The second kappa shape index (κ2) is 11.3. The van der Waals surface area contributed by atoms with Gasteiger partial charge in [-0.05, 0) is 47.8 Å². The SMILES string of the molecule is C[C-]1[C@@H](O)CCC2(C)C3CC=C4C5CC(C)(C)CC[C@]5([C-]=O)[CH-]C[C@@]4(C)[C@@]3(C)CC[C@@H]12.[CH3-].[V].[W].[Y]. The van der Waals surface area contributed by atoms with Gasteiger partial charge >= 0.3 is 0 Å². The van der Waals surface area contributed by atoms with Crippen LogP contribution < -0.4 is 0 Å². The maximum absolute atomic E-state index is 12.4. The van der Waals surface area contributed by atoms with Gasteiger partial charge in [0.2, 0.25) is 0 Å². The van der Waals surface area contributed by atoms with Gasteiger partial charge in [-0.3, -0.25) is 17.6 Å². The molecule has 2 nitrogen and oxygen atoms in total. The van der Waals surface area contributed by atoms with Gasteiger partial charge in [0.15, 0.2) is 0 Å². The zero-order valence-corrected chi connectivity index (χ0v) is 30.3. The fourth-order valence-corrected chi connectivity index (χ4v) is 9.53. The van der Waals surface area contributed by atoms with Crippen LogP contribution in [0, 0.1) is 64.6 Å². The van der Waals surface area contributed by atoms with Crippen molar-refractivity contribution in [3.63, 3.8) is 0 Å². The topological polar surface area (TPSA) is 37.3 Å². The first-order valence-electron chi connectivity index (χ1n) is 12.9. The van der Waals surface area contributed by atoms with Crippen molar-refractivity contribution in [2.24, 2.45) is 44.8 Å². The van der Waals surface area contributed by atoms with E-state index < -0.39 is 0 Å². The average Bonchev–Trinajstić information content (AvgIpc) is 2.71. The largest absolute Gasteiger partial charge is 0.544 e. The summed E-state index contributed by atoms with van der Waals surface area (Å²) in [6.07, 6.45) is 17.3. The van der Waals surface area contributed by atoms with Crippen LogP contribution in [0.3, 0.4) is 0 Å². The third kappa shape index (κ3) is 4.84. The van der Waals surface area contributed by atoms with E-state index in [2.05, 4.69) is 60.3 Å². The molecule has 5 heteroatoms. The fourth-order valence-electron chi connectivity index (χ4n) is 9.53. The predicted octanol–water partition coefficient (Wildman–Crippen LogP) is 7.08. The summed E-state index contributed by atoms with van der Waals surface area (Å²) >= 11 is 0. The van der Waals surface area contributed by atoms with E-state index in [-0.39, 0.29) is 108 Å². The third-order valence-corrected chi connectivity index (χ3v) is 11.9. The maximum atomic E-state index is 12.4. The Morgan fingerprint density at radius 2 is 1.74 bits per heavy atom. The first kappa shape index (κ1) is 34.8. The van der Waals surface area contributed by atoms with E-state index in [1.165, 1.54) is 18.8 Å². The quantitative estimate of drug-likeness (QED) is 0.229. The normalized spacial score (nSPS) is 47.8. The number of aliphatic hydroxyl groups excluding tert-OH is 1. The van der Waals surface area contributed by atoms with E-state index in [9.17, 15) is 9.90 Å². The number of carbonyl (C=O) groups excluding carboxylic acids is 1. The molecule has 3 unspecified atom stereocenters. The van der Waals surface area contributed by atoms with Crippen molar-refractivity contribution >= 4 is 6.29 Å². The summed E-state index contributed by atoms with van der Waals surface area (Å²) in [6, 6.07) is 0. The first-order valence-corrected chi connectivity index (χ1v) is 12.9. The summed E-state index contributed by atoms with van der Waals surface area (Å²) in [5, 5.41) is 10.6. The molecule has 8 atom stereocenters. The van der Waals surface area contributed by atoms with E-state index >= 15 is 0 Å². The van der Waals surface area contributed by atoms with Gasteiger partial charge in [-0.2, -0.15) is 19.3 Å². The number of fused-ring (bicyclic) bond motifs is 7. The van der Waals surface area contributed by atoms with E-state index in [1.807, 2.05) is 0 Å². The average molecular weight is 762 g/mol. The molecule has 5 rings (SSSR count). The Labute approximate surface area is 267 Å². The Morgan fingerprint density at radius 1 is 1.09 bits per heavy atom. The Morgan fingerprint density at radius 3 is 2.37 bits per heavy atom. The van der Waals surface area contributed by atoms with Crippen molar-refractivity contribution in [3.05, 3.63) is 31.4 Å². The van der Waals surface area contributed by atoms with Crippen LogP contribution in [-0.2, 0) is 77.1 Å². The Bertz CT molecular complexity index is 816. The van der Waals surface area contributed by atoms with Gasteiger partial charge in [-0.15, -0.1) is 0 Å².